The number of aromatic nitrogens is 2. The van der Waals surface area contributed by atoms with Gasteiger partial charge in [0.25, 0.3) is 0 Å². The van der Waals surface area contributed by atoms with Crippen LogP contribution in [-0.2, 0) is 0 Å². The minimum absolute atomic E-state index is 0.191. The van der Waals surface area contributed by atoms with Crippen molar-refractivity contribution < 1.29 is 9.90 Å². The lowest BCUT2D eigenvalue weighted by atomic mass is 10.0. The molecule has 0 saturated carbocycles. The number of nitrogens with zero attached hydrogens (tertiary/aromatic N) is 2. The van der Waals surface area contributed by atoms with Gasteiger partial charge in [0, 0.05) is 5.56 Å². The van der Waals surface area contributed by atoms with Gasteiger partial charge in [-0.1, -0.05) is 30.3 Å². The van der Waals surface area contributed by atoms with Crippen molar-refractivity contribution in [2.75, 3.05) is 0 Å². The van der Waals surface area contributed by atoms with Gasteiger partial charge < -0.3 is 5.11 Å². The van der Waals surface area contributed by atoms with Crippen LogP contribution < -0.4 is 0 Å². The van der Waals surface area contributed by atoms with Crippen LogP contribution in [0.2, 0.25) is 0 Å². The third-order valence-electron chi connectivity index (χ3n) is 4.04. The largest absolute Gasteiger partial charge is 0.478 e. The first kappa shape index (κ1) is 14.4. The second kappa shape index (κ2) is 5.72. The summed E-state index contributed by atoms with van der Waals surface area (Å²) >= 11 is 0. The van der Waals surface area contributed by atoms with Gasteiger partial charge in [0.1, 0.15) is 5.56 Å². The van der Waals surface area contributed by atoms with E-state index in [9.17, 15) is 9.90 Å². The molecule has 22 heavy (non-hydrogen) atoms. The highest BCUT2D eigenvalue weighted by Crippen LogP contribution is 2.29. The molecular formula is C18H18N2O2. The molecule has 112 valence electrons. The van der Waals surface area contributed by atoms with Crippen LogP contribution >= 0.6 is 0 Å². The molecule has 4 heteroatoms. The summed E-state index contributed by atoms with van der Waals surface area (Å²) in [5.74, 6) is -0.406. The van der Waals surface area contributed by atoms with E-state index in [1.54, 1.807) is 13.8 Å². The molecule has 0 spiro atoms. The van der Waals surface area contributed by atoms with Crippen molar-refractivity contribution in [2.45, 2.75) is 33.1 Å². The first-order valence-corrected chi connectivity index (χ1v) is 7.44. The highest BCUT2D eigenvalue weighted by Gasteiger charge is 2.15. The molecule has 1 aliphatic rings. The number of allylic oxidation sites excluding steroid dienone is 2. The zero-order chi connectivity index (χ0) is 15.7. The molecule has 1 aliphatic carbocycles. The fourth-order valence-corrected chi connectivity index (χ4v) is 2.92. The van der Waals surface area contributed by atoms with E-state index < -0.39 is 5.97 Å². The normalized spacial score (nSPS) is 14.0. The quantitative estimate of drug-likeness (QED) is 0.928. The van der Waals surface area contributed by atoms with Gasteiger partial charge >= 0.3 is 5.97 Å². The molecule has 1 N–H and O–H groups in total. The molecule has 1 aromatic carbocycles. The van der Waals surface area contributed by atoms with Crippen LogP contribution in [0.4, 0.5) is 0 Å². The second-order valence-electron chi connectivity index (χ2n) is 5.60. The highest BCUT2D eigenvalue weighted by molar-refractivity contribution is 5.90. The Hall–Kier alpha value is -2.49. The van der Waals surface area contributed by atoms with Gasteiger partial charge in [-0.15, -0.1) is 0 Å². The Kier molecular flexibility index (Phi) is 3.75. The van der Waals surface area contributed by atoms with Gasteiger partial charge in [0.05, 0.1) is 11.4 Å². The van der Waals surface area contributed by atoms with E-state index >= 15 is 0 Å². The van der Waals surface area contributed by atoms with Crippen LogP contribution in [0.5, 0.6) is 0 Å². The zero-order valence-electron chi connectivity index (χ0n) is 12.8. The topological polar surface area (TPSA) is 63.1 Å². The molecule has 0 fully saturated rings. The van der Waals surface area contributed by atoms with Crippen LogP contribution in [0.1, 0.15) is 46.6 Å². The Morgan fingerprint density at radius 2 is 1.64 bits per heavy atom. The van der Waals surface area contributed by atoms with Crippen molar-refractivity contribution in [3.8, 4) is 11.4 Å². The maximum absolute atomic E-state index is 11.2. The minimum atomic E-state index is -0.981. The Morgan fingerprint density at radius 1 is 1.05 bits per heavy atom. The SMILES string of the molecule is Cc1nc(-c2ccc(C3=CCCC3)cc2)nc(C)c1C(=O)O. The van der Waals surface area contributed by atoms with Gasteiger partial charge in [0.15, 0.2) is 5.82 Å². The molecule has 4 nitrogen and oxygen atoms in total. The molecule has 0 amide bonds. The molecule has 3 rings (SSSR count). The zero-order valence-corrected chi connectivity index (χ0v) is 12.8. The number of carboxylic acid groups (broad SMARTS) is 1. The Labute approximate surface area is 129 Å². The predicted molar refractivity (Wildman–Crippen MR) is 85.7 cm³/mol. The van der Waals surface area contributed by atoms with Gasteiger partial charge in [-0.05, 0) is 44.2 Å². The fourth-order valence-electron chi connectivity index (χ4n) is 2.92. The van der Waals surface area contributed by atoms with Crippen molar-refractivity contribution >= 4 is 11.5 Å². The number of benzene rings is 1. The lowest BCUT2D eigenvalue weighted by Gasteiger charge is -2.08. The summed E-state index contributed by atoms with van der Waals surface area (Å²) in [7, 11) is 0. The van der Waals surface area contributed by atoms with E-state index in [1.807, 2.05) is 12.1 Å². The lowest BCUT2D eigenvalue weighted by Crippen LogP contribution is -2.08. The van der Waals surface area contributed by atoms with Crippen molar-refractivity contribution in [1.29, 1.82) is 0 Å². The summed E-state index contributed by atoms with van der Waals surface area (Å²) < 4.78 is 0. The van der Waals surface area contributed by atoms with Crippen molar-refractivity contribution in [2.24, 2.45) is 0 Å². The van der Waals surface area contributed by atoms with Crippen molar-refractivity contribution in [3.05, 3.63) is 52.9 Å². The number of aryl methyl sites for hydroxylation is 2. The van der Waals surface area contributed by atoms with Crippen molar-refractivity contribution in [3.63, 3.8) is 0 Å². The molecular weight excluding hydrogens is 276 g/mol. The Balaban J connectivity index is 1.96. The molecule has 1 aromatic heterocycles. The number of carboxylic acids is 1. The van der Waals surface area contributed by atoms with E-state index in [0.29, 0.717) is 17.2 Å². The first-order valence-electron chi connectivity index (χ1n) is 7.44. The molecule has 0 radical (unpaired) electrons. The smallest absolute Gasteiger partial charge is 0.339 e. The molecule has 0 atom stereocenters. The van der Waals surface area contributed by atoms with Gasteiger partial charge in [-0.2, -0.15) is 0 Å². The van der Waals surface area contributed by atoms with E-state index in [0.717, 1.165) is 18.4 Å². The van der Waals surface area contributed by atoms with Gasteiger partial charge in [-0.25, -0.2) is 14.8 Å². The molecule has 0 bridgehead atoms. The number of carbonyl (C=O) groups is 1. The number of aromatic carboxylic acids is 1. The molecule has 0 aliphatic heterocycles. The van der Waals surface area contributed by atoms with Gasteiger partial charge in [0.2, 0.25) is 0 Å². The maximum atomic E-state index is 11.2. The fraction of sp³-hybridized carbons (Fsp3) is 0.278. The molecule has 0 saturated heterocycles. The maximum Gasteiger partial charge on any atom is 0.339 e. The first-order chi connectivity index (χ1) is 10.6. The molecule has 0 unspecified atom stereocenters. The van der Waals surface area contributed by atoms with E-state index in [4.69, 9.17) is 0 Å². The monoisotopic (exact) mass is 294 g/mol. The average Bonchev–Trinajstić information content (AvgIpc) is 3.00. The molecule has 1 heterocycles. The number of hydrogen-bond acceptors (Lipinski definition) is 3. The van der Waals surface area contributed by atoms with Crippen LogP contribution in [-0.4, -0.2) is 21.0 Å². The minimum Gasteiger partial charge on any atom is -0.478 e. The number of rotatable bonds is 3. The van der Waals surface area contributed by atoms with Crippen LogP contribution in [0, 0.1) is 13.8 Å². The average molecular weight is 294 g/mol. The highest BCUT2D eigenvalue weighted by atomic mass is 16.4. The van der Waals surface area contributed by atoms with Crippen LogP contribution in [0.25, 0.3) is 17.0 Å². The predicted octanol–water partition coefficient (Wildman–Crippen LogP) is 4.03. The van der Waals surface area contributed by atoms with Crippen molar-refractivity contribution in [1.82, 2.24) is 9.97 Å². The number of hydrogen-bond donors (Lipinski definition) is 1. The third-order valence-corrected chi connectivity index (χ3v) is 4.04. The summed E-state index contributed by atoms with van der Waals surface area (Å²) in [4.78, 5) is 19.9. The summed E-state index contributed by atoms with van der Waals surface area (Å²) in [6.07, 6.45) is 5.83. The van der Waals surface area contributed by atoms with E-state index in [2.05, 4.69) is 28.2 Å². The van der Waals surface area contributed by atoms with Crippen LogP contribution in [0.3, 0.4) is 0 Å². The lowest BCUT2D eigenvalue weighted by molar-refractivity contribution is 0.0694. The van der Waals surface area contributed by atoms with Gasteiger partial charge in [-0.3, -0.25) is 0 Å². The summed E-state index contributed by atoms with van der Waals surface area (Å²) in [6, 6.07) is 8.18. The summed E-state index contributed by atoms with van der Waals surface area (Å²) in [5.41, 5.74) is 4.75. The van der Waals surface area contributed by atoms with E-state index in [1.165, 1.54) is 17.6 Å². The second-order valence-corrected chi connectivity index (χ2v) is 5.60. The Morgan fingerprint density at radius 3 is 2.14 bits per heavy atom. The Bertz CT molecular complexity index is 738. The summed E-state index contributed by atoms with van der Waals surface area (Å²) in [5, 5.41) is 9.18. The summed E-state index contributed by atoms with van der Waals surface area (Å²) in [6.45, 7) is 3.42. The van der Waals surface area contributed by atoms with E-state index in [-0.39, 0.29) is 5.56 Å². The standard InChI is InChI=1S/C18H18N2O2/c1-11-16(18(21)22)12(2)20-17(19-11)15-9-7-14(8-10-15)13-5-3-4-6-13/h5,7-10H,3-4,6H2,1-2H3,(H,21,22). The van der Waals surface area contributed by atoms with Crippen LogP contribution in [0.15, 0.2) is 30.3 Å². The molecule has 2 aromatic rings. The third kappa shape index (κ3) is 2.64.